The number of likely N-dealkylation sites (tertiary alicyclic amines) is 1. The lowest BCUT2D eigenvalue weighted by molar-refractivity contribution is -0.0419. The van der Waals surface area contributed by atoms with Crippen molar-refractivity contribution in [1.82, 2.24) is 19.9 Å². The lowest BCUT2D eigenvalue weighted by atomic mass is 9.75. The molecule has 0 spiro atoms. The quantitative estimate of drug-likeness (QED) is 0.849. The number of para-hydroxylation sites is 1. The molecule has 1 aromatic heterocycles. The SMILES string of the molecule is CC1CC(C)CC(N2CCCC2)(n2nnc3ccccc32)C1. The topological polar surface area (TPSA) is 34.0 Å². The molecule has 2 aromatic rings. The summed E-state index contributed by atoms with van der Waals surface area (Å²) in [5, 5.41) is 9.08. The summed E-state index contributed by atoms with van der Waals surface area (Å²) in [5.74, 6) is 1.49. The van der Waals surface area contributed by atoms with E-state index in [0.29, 0.717) is 0 Å². The largest absolute Gasteiger partial charge is 0.279 e. The molecule has 118 valence electrons. The van der Waals surface area contributed by atoms with Gasteiger partial charge >= 0.3 is 0 Å². The first-order valence-corrected chi connectivity index (χ1v) is 8.75. The van der Waals surface area contributed by atoms with Crippen LogP contribution in [0.2, 0.25) is 0 Å². The number of nitrogens with zero attached hydrogens (tertiary/aromatic N) is 4. The average molecular weight is 298 g/mol. The summed E-state index contributed by atoms with van der Waals surface area (Å²) < 4.78 is 2.26. The Morgan fingerprint density at radius 2 is 1.73 bits per heavy atom. The number of hydrogen-bond acceptors (Lipinski definition) is 3. The van der Waals surface area contributed by atoms with Crippen LogP contribution in [0.15, 0.2) is 24.3 Å². The Morgan fingerprint density at radius 3 is 2.45 bits per heavy atom. The number of hydrogen-bond donors (Lipinski definition) is 0. The van der Waals surface area contributed by atoms with Crippen LogP contribution in [0.1, 0.15) is 46.0 Å². The zero-order valence-electron chi connectivity index (χ0n) is 13.7. The Labute approximate surface area is 132 Å². The first-order chi connectivity index (χ1) is 10.7. The first-order valence-electron chi connectivity index (χ1n) is 8.75. The molecule has 22 heavy (non-hydrogen) atoms. The third kappa shape index (κ3) is 2.16. The Balaban J connectivity index is 1.86. The lowest BCUT2D eigenvalue weighted by Crippen LogP contribution is -2.54. The highest BCUT2D eigenvalue weighted by molar-refractivity contribution is 5.74. The highest BCUT2D eigenvalue weighted by Crippen LogP contribution is 2.45. The van der Waals surface area contributed by atoms with Gasteiger partial charge in [-0.05, 0) is 56.1 Å². The molecule has 1 aromatic carbocycles. The second kappa shape index (κ2) is 5.34. The summed E-state index contributed by atoms with van der Waals surface area (Å²) in [6.45, 7) is 7.21. The van der Waals surface area contributed by atoms with Crippen molar-refractivity contribution < 1.29 is 0 Å². The van der Waals surface area contributed by atoms with Crippen LogP contribution in [-0.4, -0.2) is 33.0 Å². The zero-order chi connectivity index (χ0) is 15.2. The molecular weight excluding hydrogens is 272 g/mol. The molecule has 2 fully saturated rings. The van der Waals surface area contributed by atoms with Gasteiger partial charge in [0.15, 0.2) is 0 Å². The van der Waals surface area contributed by atoms with E-state index in [1.807, 2.05) is 0 Å². The number of fused-ring (bicyclic) bond motifs is 1. The van der Waals surface area contributed by atoms with E-state index in [2.05, 4.69) is 58.0 Å². The predicted molar refractivity (Wildman–Crippen MR) is 88.5 cm³/mol. The Morgan fingerprint density at radius 1 is 1.05 bits per heavy atom. The van der Waals surface area contributed by atoms with E-state index >= 15 is 0 Å². The van der Waals surface area contributed by atoms with Gasteiger partial charge in [-0.1, -0.05) is 31.2 Å². The van der Waals surface area contributed by atoms with E-state index in [4.69, 9.17) is 0 Å². The third-order valence-electron chi connectivity index (χ3n) is 5.60. The molecule has 1 saturated heterocycles. The minimum atomic E-state index is 0.0314. The Hall–Kier alpha value is -1.42. The van der Waals surface area contributed by atoms with Gasteiger partial charge < -0.3 is 0 Å². The van der Waals surface area contributed by atoms with Gasteiger partial charge in [0, 0.05) is 13.1 Å². The van der Waals surface area contributed by atoms with Gasteiger partial charge in [-0.15, -0.1) is 5.10 Å². The van der Waals surface area contributed by atoms with Gasteiger partial charge in [0.05, 0.1) is 5.52 Å². The van der Waals surface area contributed by atoms with Crippen LogP contribution in [0, 0.1) is 11.8 Å². The standard InChI is InChI=1S/C18H26N4/c1-14-11-15(2)13-18(12-14,21-9-5-6-10-21)22-17-8-4-3-7-16(17)19-20-22/h3-4,7-8,14-15H,5-6,9-13H2,1-2H3. The molecule has 0 radical (unpaired) electrons. The maximum atomic E-state index is 4.63. The highest BCUT2D eigenvalue weighted by atomic mass is 15.5. The number of aromatic nitrogens is 3. The van der Waals surface area contributed by atoms with Crippen molar-refractivity contribution in [3.8, 4) is 0 Å². The van der Waals surface area contributed by atoms with Gasteiger partial charge in [0.2, 0.25) is 0 Å². The van der Waals surface area contributed by atoms with E-state index in [1.165, 1.54) is 50.7 Å². The van der Waals surface area contributed by atoms with Crippen LogP contribution >= 0.6 is 0 Å². The third-order valence-corrected chi connectivity index (χ3v) is 5.60. The van der Waals surface area contributed by atoms with Crippen LogP contribution in [0.5, 0.6) is 0 Å². The number of rotatable bonds is 2. The fraction of sp³-hybridized carbons (Fsp3) is 0.667. The van der Waals surface area contributed by atoms with Crippen LogP contribution < -0.4 is 0 Å². The fourth-order valence-corrected chi connectivity index (χ4v) is 4.93. The van der Waals surface area contributed by atoms with E-state index < -0.39 is 0 Å². The molecule has 1 aliphatic heterocycles. The molecule has 4 nitrogen and oxygen atoms in total. The summed E-state index contributed by atoms with van der Waals surface area (Å²) in [5.41, 5.74) is 2.24. The molecule has 0 bridgehead atoms. The van der Waals surface area contributed by atoms with Gasteiger partial charge in [-0.2, -0.15) is 0 Å². The summed E-state index contributed by atoms with van der Waals surface area (Å²) in [6, 6.07) is 8.41. The van der Waals surface area contributed by atoms with Crippen molar-refractivity contribution in [1.29, 1.82) is 0 Å². The summed E-state index contributed by atoms with van der Waals surface area (Å²) in [4.78, 5) is 2.69. The van der Waals surface area contributed by atoms with Gasteiger partial charge in [-0.25, -0.2) is 4.68 Å². The molecule has 0 amide bonds. The smallest absolute Gasteiger partial charge is 0.118 e. The lowest BCUT2D eigenvalue weighted by Gasteiger charge is -2.48. The van der Waals surface area contributed by atoms with Crippen molar-refractivity contribution in [3.63, 3.8) is 0 Å². The molecule has 4 rings (SSSR count). The molecular formula is C18H26N4. The van der Waals surface area contributed by atoms with Crippen LogP contribution in [-0.2, 0) is 5.66 Å². The predicted octanol–water partition coefficient (Wildman–Crippen LogP) is 3.64. The van der Waals surface area contributed by atoms with Crippen LogP contribution in [0.3, 0.4) is 0 Å². The van der Waals surface area contributed by atoms with Gasteiger partial charge in [0.25, 0.3) is 0 Å². The summed E-state index contributed by atoms with van der Waals surface area (Å²) in [7, 11) is 0. The normalized spacial score (nSPS) is 33.5. The van der Waals surface area contributed by atoms with Crippen molar-refractivity contribution in [2.75, 3.05) is 13.1 Å². The summed E-state index contributed by atoms with van der Waals surface area (Å²) in [6.07, 6.45) is 6.37. The molecule has 2 heterocycles. The molecule has 2 atom stereocenters. The summed E-state index contributed by atoms with van der Waals surface area (Å²) >= 11 is 0. The average Bonchev–Trinajstić information content (AvgIpc) is 3.16. The van der Waals surface area contributed by atoms with E-state index in [1.54, 1.807) is 0 Å². The maximum absolute atomic E-state index is 4.63. The molecule has 2 unspecified atom stereocenters. The van der Waals surface area contributed by atoms with Crippen molar-refractivity contribution in [3.05, 3.63) is 24.3 Å². The fourth-order valence-electron chi connectivity index (χ4n) is 4.93. The highest BCUT2D eigenvalue weighted by Gasteiger charge is 2.46. The minimum absolute atomic E-state index is 0.0314. The second-order valence-electron chi connectivity index (χ2n) is 7.52. The molecule has 2 aliphatic rings. The maximum Gasteiger partial charge on any atom is 0.118 e. The van der Waals surface area contributed by atoms with Gasteiger partial charge in [0.1, 0.15) is 11.2 Å². The van der Waals surface area contributed by atoms with E-state index in [9.17, 15) is 0 Å². The molecule has 4 heteroatoms. The van der Waals surface area contributed by atoms with Crippen LogP contribution in [0.25, 0.3) is 11.0 Å². The van der Waals surface area contributed by atoms with Crippen molar-refractivity contribution >= 4 is 11.0 Å². The van der Waals surface area contributed by atoms with E-state index in [0.717, 1.165) is 17.4 Å². The van der Waals surface area contributed by atoms with E-state index in [-0.39, 0.29) is 5.66 Å². The Bertz CT molecular complexity index is 646. The monoisotopic (exact) mass is 298 g/mol. The molecule has 1 saturated carbocycles. The van der Waals surface area contributed by atoms with Crippen molar-refractivity contribution in [2.45, 2.75) is 51.6 Å². The molecule has 1 aliphatic carbocycles. The zero-order valence-corrected chi connectivity index (χ0v) is 13.7. The van der Waals surface area contributed by atoms with Crippen LogP contribution in [0.4, 0.5) is 0 Å². The van der Waals surface area contributed by atoms with Gasteiger partial charge in [-0.3, -0.25) is 4.90 Å². The Kier molecular flexibility index (Phi) is 3.44. The van der Waals surface area contributed by atoms with Crippen molar-refractivity contribution in [2.24, 2.45) is 11.8 Å². The molecule has 0 N–H and O–H groups in total. The number of benzene rings is 1. The second-order valence-corrected chi connectivity index (χ2v) is 7.52. The minimum Gasteiger partial charge on any atom is -0.279 e. The first kappa shape index (κ1) is 14.2.